The van der Waals surface area contributed by atoms with Gasteiger partial charge in [0.1, 0.15) is 16.7 Å². The van der Waals surface area contributed by atoms with Gasteiger partial charge in [-0.3, -0.25) is 4.79 Å². The molecule has 0 saturated carbocycles. The van der Waals surface area contributed by atoms with Crippen LogP contribution in [0.1, 0.15) is 31.1 Å². The van der Waals surface area contributed by atoms with Gasteiger partial charge in [-0.1, -0.05) is 13.8 Å². The standard InChI is InChI=1S/C15H21NO7S/c1-5-23-15(19)10-6-7-11(22-4)12(8-10)24(20,21)16-13(9(2)3)14(17)18/h6-9,13,16H,5H2,1-4H3,(H,17,18). The molecule has 0 aliphatic carbocycles. The van der Waals surface area contributed by atoms with Crippen molar-refractivity contribution in [1.29, 1.82) is 0 Å². The molecule has 0 fully saturated rings. The molecule has 0 amide bonds. The summed E-state index contributed by atoms with van der Waals surface area (Å²) in [6.07, 6.45) is 0. The molecule has 1 aromatic rings. The van der Waals surface area contributed by atoms with E-state index in [0.717, 1.165) is 6.07 Å². The van der Waals surface area contributed by atoms with Crippen molar-refractivity contribution < 1.29 is 32.6 Å². The molecule has 1 rings (SSSR count). The normalized spacial score (nSPS) is 12.7. The molecular weight excluding hydrogens is 338 g/mol. The third-order valence-electron chi connectivity index (χ3n) is 3.18. The van der Waals surface area contributed by atoms with Crippen LogP contribution in [0.25, 0.3) is 0 Å². The third kappa shape index (κ3) is 4.68. The van der Waals surface area contributed by atoms with Gasteiger partial charge in [0.25, 0.3) is 0 Å². The molecule has 1 unspecified atom stereocenters. The third-order valence-corrected chi connectivity index (χ3v) is 4.64. The SMILES string of the molecule is CCOC(=O)c1ccc(OC)c(S(=O)(=O)NC(C(=O)O)C(C)C)c1. The number of rotatable bonds is 8. The number of methoxy groups -OCH3 is 1. The molecule has 134 valence electrons. The van der Waals surface area contributed by atoms with Crippen molar-refractivity contribution in [3.05, 3.63) is 23.8 Å². The van der Waals surface area contributed by atoms with E-state index < -0.39 is 33.9 Å². The molecule has 24 heavy (non-hydrogen) atoms. The first-order valence-corrected chi connectivity index (χ1v) is 8.72. The lowest BCUT2D eigenvalue weighted by atomic mass is 10.1. The summed E-state index contributed by atoms with van der Waals surface area (Å²) >= 11 is 0. The number of hydrogen-bond donors (Lipinski definition) is 2. The maximum Gasteiger partial charge on any atom is 0.338 e. The number of carbonyl (C=O) groups excluding carboxylic acids is 1. The van der Waals surface area contributed by atoms with Crippen LogP contribution in [-0.4, -0.2) is 45.2 Å². The average Bonchev–Trinajstić information content (AvgIpc) is 2.51. The van der Waals surface area contributed by atoms with Crippen LogP contribution >= 0.6 is 0 Å². The Kier molecular flexibility index (Phi) is 6.73. The number of carboxylic acids is 1. The zero-order valence-electron chi connectivity index (χ0n) is 13.9. The summed E-state index contributed by atoms with van der Waals surface area (Å²) in [5, 5.41) is 9.16. The van der Waals surface area contributed by atoms with Crippen LogP contribution in [-0.2, 0) is 19.6 Å². The Morgan fingerprint density at radius 2 is 1.92 bits per heavy atom. The van der Waals surface area contributed by atoms with Gasteiger partial charge in [0.2, 0.25) is 10.0 Å². The lowest BCUT2D eigenvalue weighted by Gasteiger charge is -2.19. The topological polar surface area (TPSA) is 119 Å². The summed E-state index contributed by atoms with van der Waals surface area (Å²) < 4.78 is 37.1. The maximum absolute atomic E-state index is 12.6. The predicted octanol–water partition coefficient (Wildman–Crippen LogP) is 1.26. The van der Waals surface area contributed by atoms with E-state index in [2.05, 4.69) is 4.72 Å². The van der Waals surface area contributed by atoms with Gasteiger partial charge in [-0.25, -0.2) is 13.2 Å². The molecule has 0 aliphatic rings. The molecule has 9 heteroatoms. The van der Waals surface area contributed by atoms with Gasteiger partial charge >= 0.3 is 11.9 Å². The van der Waals surface area contributed by atoms with Gasteiger partial charge in [0.05, 0.1) is 19.3 Å². The summed E-state index contributed by atoms with van der Waals surface area (Å²) in [6.45, 7) is 4.92. The lowest BCUT2D eigenvalue weighted by Crippen LogP contribution is -2.44. The van der Waals surface area contributed by atoms with Crippen LogP contribution < -0.4 is 9.46 Å². The second kappa shape index (κ2) is 8.11. The van der Waals surface area contributed by atoms with Crippen LogP contribution in [0.4, 0.5) is 0 Å². The minimum absolute atomic E-state index is 0.0107. The van der Waals surface area contributed by atoms with Crippen LogP contribution in [0, 0.1) is 5.92 Å². The smallest absolute Gasteiger partial charge is 0.338 e. The summed E-state index contributed by atoms with van der Waals surface area (Å²) in [5.74, 6) is -2.47. The van der Waals surface area contributed by atoms with Gasteiger partial charge in [-0.15, -0.1) is 0 Å². The average molecular weight is 359 g/mol. The van der Waals surface area contributed by atoms with Gasteiger partial charge in [0, 0.05) is 0 Å². The van der Waals surface area contributed by atoms with Crippen molar-refractivity contribution in [3.63, 3.8) is 0 Å². The minimum Gasteiger partial charge on any atom is -0.495 e. The number of aliphatic carboxylic acids is 1. The quantitative estimate of drug-likeness (QED) is 0.671. The van der Waals surface area contributed by atoms with E-state index in [0.29, 0.717) is 0 Å². The molecule has 0 aliphatic heterocycles. The van der Waals surface area contributed by atoms with E-state index in [1.807, 2.05) is 0 Å². The Bertz CT molecular complexity index is 713. The first-order valence-electron chi connectivity index (χ1n) is 7.24. The second-order valence-corrected chi connectivity index (χ2v) is 6.95. The number of sulfonamides is 1. The summed E-state index contributed by atoms with van der Waals surface area (Å²) in [7, 11) is -2.95. The maximum atomic E-state index is 12.6. The van der Waals surface area contributed by atoms with Crippen LogP contribution in [0.5, 0.6) is 5.75 Å². The Balaban J connectivity index is 3.33. The van der Waals surface area contributed by atoms with Crippen molar-refractivity contribution in [3.8, 4) is 5.75 Å². The molecular formula is C15H21NO7S. The highest BCUT2D eigenvalue weighted by Gasteiger charge is 2.30. The fourth-order valence-corrected chi connectivity index (χ4v) is 3.46. The van der Waals surface area contributed by atoms with Gasteiger partial charge in [-0.2, -0.15) is 4.72 Å². The van der Waals surface area contributed by atoms with Gasteiger partial charge in [-0.05, 0) is 31.0 Å². The monoisotopic (exact) mass is 359 g/mol. The largest absolute Gasteiger partial charge is 0.495 e. The highest BCUT2D eigenvalue weighted by molar-refractivity contribution is 7.89. The van der Waals surface area contributed by atoms with Crippen molar-refractivity contribution in [2.75, 3.05) is 13.7 Å². The first kappa shape index (κ1) is 19.9. The van der Waals surface area contributed by atoms with E-state index in [1.54, 1.807) is 20.8 Å². The van der Waals surface area contributed by atoms with Crippen molar-refractivity contribution >= 4 is 22.0 Å². The predicted molar refractivity (Wildman–Crippen MR) is 85.5 cm³/mol. The number of benzene rings is 1. The fourth-order valence-electron chi connectivity index (χ4n) is 1.93. The molecule has 1 aromatic carbocycles. The lowest BCUT2D eigenvalue weighted by molar-refractivity contribution is -0.140. The highest BCUT2D eigenvalue weighted by atomic mass is 32.2. The van der Waals surface area contributed by atoms with Crippen molar-refractivity contribution in [1.82, 2.24) is 4.72 Å². The number of hydrogen-bond acceptors (Lipinski definition) is 6. The Morgan fingerprint density at radius 3 is 2.38 bits per heavy atom. The van der Waals surface area contributed by atoms with Crippen LogP contribution in [0.2, 0.25) is 0 Å². The molecule has 0 saturated heterocycles. The summed E-state index contributed by atoms with van der Waals surface area (Å²) in [6, 6.07) is 2.46. The van der Waals surface area contributed by atoms with E-state index in [1.165, 1.54) is 19.2 Å². The Labute approximate surface area is 140 Å². The van der Waals surface area contributed by atoms with E-state index in [9.17, 15) is 18.0 Å². The zero-order valence-corrected chi connectivity index (χ0v) is 14.7. The number of carbonyl (C=O) groups is 2. The molecule has 0 bridgehead atoms. The number of esters is 1. The van der Waals surface area contributed by atoms with E-state index in [-0.39, 0.29) is 22.8 Å². The van der Waals surface area contributed by atoms with Crippen LogP contribution in [0.3, 0.4) is 0 Å². The van der Waals surface area contributed by atoms with Crippen molar-refractivity contribution in [2.24, 2.45) is 5.92 Å². The summed E-state index contributed by atoms with van der Waals surface area (Å²) in [5.41, 5.74) is 0.0226. The molecule has 0 radical (unpaired) electrons. The number of nitrogens with one attached hydrogen (secondary N) is 1. The summed E-state index contributed by atoms with van der Waals surface area (Å²) in [4.78, 5) is 22.7. The zero-order chi connectivity index (χ0) is 18.5. The first-order chi connectivity index (χ1) is 11.1. The molecule has 0 spiro atoms. The molecule has 0 aromatic heterocycles. The van der Waals surface area contributed by atoms with Gasteiger partial charge in [0.15, 0.2) is 0 Å². The molecule has 2 N–H and O–H groups in total. The van der Waals surface area contributed by atoms with E-state index in [4.69, 9.17) is 14.6 Å². The Hall–Kier alpha value is -2.13. The number of ether oxygens (including phenoxy) is 2. The minimum atomic E-state index is -4.23. The van der Waals surface area contributed by atoms with Crippen LogP contribution in [0.15, 0.2) is 23.1 Å². The van der Waals surface area contributed by atoms with E-state index >= 15 is 0 Å². The molecule has 1 atom stereocenters. The van der Waals surface area contributed by atoms with Gasteiger partial charge < -0.3 is 14.6 Å². The highest BCUT2D eigenvalue weighted by Crippen LogP contribution is 2.26. The molecule has 0 heterocycles. The van der Waals surface area contributed by atoms with Crippen molar-refractivity contribution in [2.45, 2.75) is 31.7 Å². The fraction of sp³-hybridized carbons (Fsp3) is 0.467. The number of carboxylic acid groups (broad SMARTS) is 1. The molecule has 8 nitrogen and oxygen atoms in total. The second-order valence-electron chi connectivity index (χ2n) is 5.27. The Morgan fingerprint density at radius 1 is 1.29 bits per heavy atom.